The quantitative estimate of drug-likeness (QED) is 0.627. The molecule has 6 N–H and O–H groups in total. The highest BCUT2D eigenvalue weighted by Crippen LogP contribution is 2.36. The van der Waals surface area contributed by atoms with Gasteiger partial charge in [-0.3, -0.25) is 4.79 Å². The summed E-state index contributed by atoms with van der Waals surface area (Å²) in [6, 6.07) is 9.21. The van der Waals surface area contributed by atoms with Crippen LogP contribution in [0.4, 0.5) is 11.5 Å². The van der Waals surface area contributed by atoms with E-state index in [0.717, 1.165) is 21.2 Å². The molecule has 3 rings (SSSR count). The molecule has 0 radical (unpaired) electrons. The molecule has 0 aliphatic heterocycles. The first-order valence-corrected chi connectivity index (χ1v) is 6.71. The van der Waals surface area contributed by atoms with Gasteiger partial charge in [-0.1, -0.05) is 12.1 Å². The van der Waals surface area contributed by atoms with Gasteiger partial charge in [0, 0.05) is 22.8 Å². The number of carbonyl (C=O) groups is 1. The first-order valence-electron chi connectivity index (χ1n) is 5.90. The molecule has 0 fully saturated rings. The minimum Gasteiger partial charge on any atom is -0.399 e. The van der Waals surface area contributed by atoms with Crippen molar-refractivity contribution in [3.63, 3.8) is 0 Å². The van der Waals surface area contributed by atoms with Crippen molar-refractivity contribution >= 4 is 38.8 Å². The van der Waals surface area contributed by atoms with Crippen molar-refractivity contribution in [1.82, 2.24) is 4.98 Å². The highest BCUT2D eigenvalue weighted by molar-refractivity contribution is 7.21. The second kappa shape index (κ2) is 4.50. The fourth-order valence-electron chi connectivity index (χ4n) is 2.06. The Hall–Kier alpha value is -2.60. The van der Waals surface area contributed by atoms with E-state index in [1.165, 1.54) is 11.3 Å². The van der Waals surface area contributed by atoms with Crippen molar-refractivity contribution in [2.45, 2.75) is 0 Å². The third-order valence-corrected chi connectivity index (χ3v) is 4.22. The summed E-state index contributed by atoms with van der Waals surface area (Å²) in [6.45, 7) is 0. The minimum atomic E-state index is -0.464. The molecule has 0 unspecified atom stereocenters. The van der Waals surface area contributed by atoms with E-state index in [-0.39, 0.29) is 0 Å². The molecule has 3 aromatic rings. The Balaban J connectivity index is 2.28. The molecule has 100 valence electrons. The largest absolute Gasteiger partial charge is 0.399 e. The Morgan fingerprint density at radius 3 is 2.50 bits per heavy atom. The fourth-order valence-corrected chi connectivity index (χ4v) is 2.99. The van der Waals surface area contributed by atoms with Gasteiger partial charge in [0.05, 0.1) is 9.58 Å². The molecule has 0 saturated carbocycles. The number of aromatic nitrogens is 1. The number of carbonyl (C=O) groups excluding carboxylic acids is 1. The van der Waals surface area contributed by atoms with Crippen molar-refractivity contribution in [2.24, 2.45) is 5.73 Å². The summed E-state index contributed by atoms with van der Waals surface area (Å²) in [5, 5.41) is 0.876. The van der Waals surface area contributed by atoms with E-state index < -0.39 is 5.91 Å². The van der Waals surface area contributed by atoms with Crippen molar-refractivity contribution in [1.29, 1.82) is 0 Å². The zero-order valence-electron chi connectivity index (χ0n) is 10.5. The van der Waals surface area contributed by atoms with Gasteiger partial charge in [0.2, 0.25) is 0 Å². The Labute approximate surface area is 119 Å². The van der Waals surface area contributed by atoms with Gasteiger partial charge in [-0.2, -0.15) is 0 Å². The van der Waals surface area contributed by atoms with Crippen LogP contribution >= 0.6 is 11.3 Å². The summed E-state index contributed by atoms with van der Waals surface area (Å²) in [5.41, 5.74) is 19.4. The molecule has 1 aromatic carbocycles. The summed E-state index contributed by atoms with van der Waals surface area (Å²) in [7, 11) is 0. The van der Waals surface area contributed by atoms with E-state index in [1.807, 2.05) is 24.3 Å². The average Bonchev–Trinajstić information content (AvgIpc) is 2.87. The van der Waals surface area contributed by atoms with Crippen molar-refractivity contribution in [2.75, 3.05) is 11.5 Å². The summed E-state index contributed by atoms with van der Waals surface area (Å²) in [6.07, 6.45) is 1.70. The number of amides is 1. The van der Waals surface area contributed by atoms with Gasteiger partial charge < -0.3 is 17.2 Å². The molecule has 0 saturated heterocycles. The van der Waals surface area contributed by atoms with Crippen LogP contribution in [0.5, 0.6) is 0 Å². The van der Waals surface area contributed by atoms with E-state index in [2.05, 4.69) is 4.98 Å². The lowest BCUT2D eigenvalue weighted by atomic mass is 10.0. The SMILES string of the molecule is NC(=O)c1cc2c(-c3ccc(N)cc3)cnc(N)c2s1. The van der Waals surface area contributed by atoms with Crippen LogP contribution in [0.3, 0.4) is 0 Å². The van der Waals surface area contributed by atoms with Gasteiger partial charge in [0.1, 0.15) is 5.82 Å². The second-order valence-electron chi connectivity index (χ2n) is 4.40. The predicted octanol–water partition coefficient (Wildman–Crippen LogP) is 2.23. The monoisotopic (exact) mass is 284 g/mol. The summed E-state index contributed by atoms with van der Waals surface area (Å²) < 4.78 is 0.771. The number of primary amides is 1. The van der Waals surface area contributed by atoms with Crippen molar-refractivity contribution in [3.05, 3.63) is 41.4 Å². The number of hydrogen-bond donors (Lipinski definition) is 3. The predicted molar refractivity (Wildman–Crippen MR) is 82.4 cm³/mol. The normalized spacial score (nSPS) is 10.8. The second-order valence-corrected chi connectivity index (χ2v) is 5.45. The molecular formula is C14H12N4OS. The standard InChI is InChI=1S/C14H12N4OS/c15-8-3-1-7(2-4-8)10-6-18-13(16)12-9(10)5-11(20-12)14(17)19/h1-6H,15H2,(H2,16,18)(H2,17,19). The molecule has 20 heavy (non-hydrogen) atoms. The van der Waals surface area contributed by atoms with Gasteiger partial charge in [-0.25, -0.2) is 4.98 Å². The molecule has 0 atom stereocenters. The number of hydrogen-bond acceptors (Lipinski definition) is 5. The molecule has 2 heterocycles. The maximum Gasteiger partial charge on any atom is 0.258 e. The van der Waals surface area contributed by atoms with Gasteiger partial charge in [-0.15, -0.1) is 11.3 Å². The molecule has 1 amide bonds. The Kier molecular flexibility index (Phi) is 2.80. The fraction of sp³-hybridized carbons (Fsp3) is 0. The average molecular weight is 284 g/mol. The Morgan fingerprint density at radius 1 is 1.15 bits per heavy atom. The highest BCUT2D eigenvalue weighted by atomic mass is 32.1. The van der Waals surface area contributed by atoms with Crippen LogP contribution in [0.15, 0.2) is 36.5 Å². The maximum atomic E-state index is 11.3. The van der Waals surface area contributed by atoms with E-state index in [0.29, 0.717) is 16.4 Å². The number of rotatable bonds is 2. The molecule has 2 aromatic heterocycles. The zero-order chi connectivity index (χ0) is 14.3. The smallest absolute Gasteiger partial charge is 0.258 e. The summed E-state index contributed by atoms with van der Waals surface area (Å²) in [4.78, 5) is 16.0. The first-order chi connectivity index (χ1) is 9.56. The Morgan fingerprint density at radius 2 is 1.85 bits per heavy atom. The lowest BCUT2D eigenvalue weighted by Crippen LogP contribution is -2.08. The molecule has 6 heteroatoms. The van der Waals surface area contributed by atoms with E-state index in [9.17, 15) is 4.79 Å². The maximum absolute atomic E-state index is 11.3. The van der Waals surface area contributed by atoms with E-state index in [1.54, 1.807) is 12.3 Å². The number of nitrogens with zero attached hydrogens (tertiary/aromatic N) is 1. The summed E-state index contributed by atoms with van der Waals surface area (Å²) >= 11 is 1.26. The van der Waals surface area contributed by atoms with Crippen molar-refractivity contribution in [3.8, 4) is 11.1 Å². The zero-order valence-corrected chi connectivity index (χ0v) is 11.3. The topological polar surface area (TPSA) is 108 Å². The van der Waals surface area contributed by atoms with Crippen LogP contribution in [0, 0.1) is 0 Å². The lowest BCUT2D eigenvalue weighted by molar-refractivity contribution is 0.100. The molecule has 0 bridgehead atoms. The number of nitrogen functional groups attached to an aromatic ring is 2. The van der Waals surface area contributed by atoms with Crippen LogP contribution in [-0.2, 0) is 0 Å². The van der Waals surface area contributed by atoms with Gasteiger partial charge >= 0.3 is 0 Å². The molecule has 5 nitrogen and oxygen atoms in total. The third kappa shape index (κ3) is 1.96. The highest BCUT2D eigenvalue weighted by Gasteiger charge is 2.14. The van der Waals surface area contributed by atoms with Gasteiger partial charge in [-0.05, 0) is 23.8 Å². The van der Waals surface area contributed by atoms with Gasteiger partial charge in [0.15, 0.2) is 0 Å². The molecule has 0 aliphatic rings. The summed E-state index contributed by atoms with van der Waals surface area (Å²) in [5.74, 6) is -0.0643. The van der Waals surface area contributed by atoms with Crippen molar-refractivity contribution < 1.29 is 4.79 Å². The van der Waals surface area contributed by atoms with Gasteiger partial charge in [0.25, 0.3) is 5.91 Å². The number of nitrogens with two attached hydrogens (primary N) is 3. The van der Waals surface area contributed by atoms with E-state index in [4.69, 9.17) is 17.2 Å². The van der Waals surface area contributed by atoms with Crippen LogP contribution in [0.25, 0.3) is 21.2 Å². The molecule has 0 aliphatic carbocycles. The number of thiophene rings is 1. The lowest BCUT2D eigenvalue weighted by Gasteiger charge is -2.05. The van der Waals surface area contributed by atoms with Crippen LogP contribution in [0.1, 0.15) is 9.67 Å². The van der Waals surface area contributed by atoms with Crippen LogP contribution in [0.2, 0.25) is 0 Å². The number of anilines is 2. The Bertz CT molecular complexity index is 808. The molecular weight excluding hydrogens is 272 g/mol. The number of benzene rings is 1. The van der Waals surface area contributed by atoms with Crippen LogP contribution < -0.4 is 17.2 Å². The first kappa shape index (κ1) is 12.4. The minimum absolute atomic E-state index is 0.400. The molecule has 0 spiro atoms. The number of fused-ring (bicyclic) bond motifs is 1. The third-order valence-electron chi connectivity index (χ3n) is 3.05. The number of pyridine rings is 1. The van der Waals surface area contributed by atoms with E-state index >= 15 is 0 Å². The van der Waals surface area contributed by atoms with Crippen LogP contribution in [-0.4, -0.2) is 10.9 Å².